The molecule has 5 heteroatoms. The molecule has 0 aromatic heterocycles. The van der Waals surface area contributed by atoms with Crippen LogP contribution in [0.5, 0.6) is 0 Å². The van der Waals surface area contributed by atoms with E-state index in [4.69, 9.17) is 18.8 Å². The number of hydrogen-bond donors (Lipinski definition) is 0. The predicted molar refractivity (Wildman–Crippen MR) is 161 cm³/mol. The SMILES string of the molecule is CC(C)[PH+]1c2ccccc2-c2ccccc21.CC(C)[PH+]1c2ccccc2-c2ccccc21.[Cl][Pt][Cl]. The van der Waals surface area contributed by atoms with Gasteiger partial charge in [0, 0.05) is 22.3 Å². The van der Waals surface area contributed by atoms with Crippen LogP contribution in [-0.2, 0) is 16.5 Å². The van der Waals surface area contributed by atoms with Crippen LogP contribution < -0.4 is 21.2 Å². The van der Waals surface area contributed by atoms with Gasteiger partial charge in [0.05, 0.1) is 27.2 Å². The monoisotopic (exact) mass is 719 g/mol. The summed E-state index contributed by atoms with van der Waals surface area (Å²) in [5.41, 5.74) is 7.41. The van der Waals surface area contributed by atoms with Gasteiger partial charge in [0.25, 0.3) is 0 Å². The second-order valence-electron chi connectivity index (χ2n) is 9.36. The van der Waals surface area contributed by atoms with Crippen molar-refractivity contribution < 1.29 is 16.5 Å². The van der Waals surface area contributed by atoms with Crippen LogP contribution in [0.2, 0.25) is 0 Å². The molecular weight excluding hydrogens is 688 g/mol. The summed E-state index contributed by atoms with van der Waals surface area (Å²) in [7, 11) is 8.66. The summed E-state index contributed by atoms with van der Waals surface area (Å²) in [6, 6.07) is 35.7. The Morgan fingerprint density at radius 3 is 0.857 bits per heavy atom. The molecule has 0 bridgehead atoms. The molecule has 0 nitrogen and oxygen atoms in total. The Hall–Kier alpha value is -0.992. The minimum atomic E-state index is -0.543. The van der Waals surface area contributed by atoms with Crippen LogP contribution >= 0.6 is 34.7 Å². The molecule has 184 valence electrons. The molecule has 4 aromatic carbocycles. The molecule has 6 rings (SSSR count). The quantitative estimate of drug-likeness (QED) is 0.185. The number of rotatable bonds is 2. The molecule has 0 saturated carbocycles. The molecule has 35 heavy (non-hydrogen) atoms. The van der Waals surface area contributed by atoms with E-state index in [0.717, 1.165) is 11.3 Å². The van der Waals surface area contributed by atoms with Crippen molar-refractivity contribution in [3.05, 3.63) is 97.1 Å². The molecule has 0 aliphatic carbocycles. The molecule has 0 atom stereocenters. The van der Waals surface area contributed by atoms with Crippen LogP contribution in [0.4, 0.5) is 0 Å². The Bertz CT molecular complexity index is 1100. The van der Waals surface area contributed by atoms with Gasteiger partial charge in [-0.25, -0.2) is 0 Å². The Balaban J connectivity index is 0.000000149. The van der Waals surface area contributed by atoms with Crippen LogP contribution in [0.3, 0.4) is 0 Å². The van der Waals surface area contributed by atoms with Crippen LogP contribution in [0, 0.1) is 0 Å². The fourth-order valence-corrected chi connectivity index (χ4v) is 11.5. The molecule has 0 N–H and O–H groups in total. The summed E-state index contributed by atoms with van der Waals surface area (Å²) in [5.74, 6) is 0. The third-order valence-electron chi connectivity index (χ3n) is 6.60. The molecule has 0 radical (unpaired) electrons. The summed E-state index contributed by atoms with van der Waals surface area (Å²) in [6.07, 6.45) is 0. The van der Waals surface area contributed by atoms with Gasteiger partial charge in [-0.05, 0) is 52.0 Å². The minimum absolute atomic E-state index is 0.472. The van der Waals surface area contributed by atoms with E-state index in [-0.39, 0.29) is 0 Å². The molecular formula is C30H32Cl2P2Pt+2. The van der Waals surface area contributed by atoms with Gasteiger partial charge in [0.2, 0.25) is 0 Å². The van der Waals surface area contributed by atoms with E-state index in [1.165, 1.54) is 22.3 Å². The summed E-state index contributed by atoms with van der Waals surface area (Å²) < 4.78 is 0. The van der Waals surface area contributed by atoms with Gasteiger partial charge in [-0.2, -0.15) is 0 Å². The number of hydrogen-bond acceptors (Lipinski definition) is 0. The van der Waals surface area contributed by atoms with E-state index in [0.29, 0.717) is 0 Å². The van der Waals surface area contributed by atoms with Crippen LogP contribution in [0.1, 0.15) is 27.7 Å². The first-order valence-corrected chi connectivity index (χ1v) is 20.7. The van der Waals surface area contributed by atoms with Crippen molar-refractivity contribution in [3.8, 4) is 22.3 Å². The third kappa shape index (κ3) is 5.64. The first-order valence-electron chi connectivity index (χ1n) is 11.9. The molecule has 0 unspecified atom stereocenters. The van der Waals surface area contributed by atoms with Gasteiger partial charge in [-0.1, -0.05) is 72.8 Å². The van der Waals surface area contributed by atoms with E-state index < -0.39 is 32.3 Å². The fraction of sp³-hybridized carbons (Fsp3) is 0.200. The maximum atomic E-state index is 4.88. The van der Waals surface area contributed by atoms with E-state index in [2.05, 4.69) is 125 Å². The standard InChI is InChI=1S/2C15H15P.2ClH.Pt/c2*1-11(2)16-14-9-5-3-7-12(14)13-8-4-6-10-15(13)16;;;/h2*3-11H,1-2H3;2*1H;/q;;;;+2. The van der Waals surface area contributed by atoms with Crippen molar-refractivity contribution in [1.29, 1.82) is 0 Å². The topological polar surface area (TPSA) is 0 Å². The molecule has 2 aliphatic heterocycles. The van der Waals surface area contributed by atoms with Crippen molar-refractivity contribution >= 4 is 55.9 Å². The van der Waals surface area contributed by atoms with E-state index in [1.54, 1.807) is 21.2 Å². The van der Waals surface area contributed by atoms with E-state index in [9.17, 15) is 0 Å². The molecule has 0 amide bonds. The summed E-state index contributed by atoms with van der Waals surface area (Å²) in [5, 5.41) is 6.40. The maximum absolute atomic E-state index is 4.88. The number of benzene rings is 4. The average Bonchev–Trinajstić information content (AvgIpc) is 3.38. The molecule has 2 aliphatic rings. The van der Waals surface area contributed by atoms with Gasteiger partial charge >= 0.3 is 35.3 Å². The Morgan fingerprint density at radius 1 is 0.457 bits per heavy atom. The van der Waals surface area contributed by atoms with Crippen molar-refractivity contribution in [2.75, 3.05) is 0 Å². The zero-order valence-electron chi connectivity index (χ0n) is 20.5. The fourth-order valence-electron chi connectivity index (χ4n) is 5.35. The first kappa shape index (κ1) is 27.1. The van der Waals surface area contributed by atoms with Gasteiger partial charge in [-0.3, -0.25) is 0 Å². The second-order valence-corrected chi connectivity index (χ2v) is 18.8. The zero-order valence-corrected chi connectivity index (χ0v) is 26.2. The van der Waals surface area contributed by atoms with Gasteiger partial charge < -0.3 is 0 Å². The molecule has 4 aromatic rings. The predicted octanol–water partition coefficient (Wildman–Crippen LogP) is 7.86. The van der Waals surface area contributed by atoms with Gasteiger partial charge in [0.15, 0.2) is 0 Å². The van der Waals surface area contributed by atoms with Crippen LogP contribution in [0.15, 0.2) is 97.1 Å². The molecule has 2 heterocycles. The van der Waals surface area contributed by atoms with Crippen molar-refractivity contribution in [1.82, 2.24) is 0 Å². The zero-order chi connectivity index (χ0) is 24.9. The molecule has 0 fully saturated rings. The van der Waals surface area contributed by atoms with Gasteiger partial charge in [-0.15, -0.1) is 0 Å². The molecule has 0 saturated heterocycles. The Labute approximate surface area is 229 Å². The first-order chi connectivity index (χ1) is 17.0. The third-order valence-corrected chi connectivity index (χ3v) is 13.0. The molecule has 0 spiro atoms. The van der Waals surface area contributed by atoms with Crippen LogP contribution in [0.25, 0.3) is 22.3 Å². The van der Waals surface area contributed by atoms with E-state index >= 15 is 0 Å². The number of fused-ring (bicyclic) bond motifs is 6. The summed E-state index contributed by atoms with van der Waals surface area (Å²) >= 11 is -0.472. The van der Waals surface area contributed by atoms with Gasteiger partial charge in [0.1, 0.15) is 21.2 Å². The average molecular weight is 721 g/mol. The normalized spacial score (nSPS) is 13.4. The Morgan fingerprint density at radius 2 is 0.657 bits per heavy atom. The number of halogens is 2. The van der Waals surface area contributed by atoms with E-state index in [1.807, 2.05) is 0 Å². The van der Waals surface area contributed by atoms with Crippen molar-refractivity contribution in [2.24, 2.45) is 0 Å². The summed E-state index contributed by atoms with van der Waals surface area (Å²) in [4.78, 5) is 0. The summed E-state index contributed by atoms with van der Waals surface area (Å²) in [6.45, 7) is 9.42. The second kappa shape index (κ2) is 12.5. The van der Waals surface area contributed by atoms with Crippen molar-refractivity contribution in [3.63, 3.8) is 0 Å². The van der Waals surface area contributed by atoms with Crippen LogP contribution in [-0.4, -0.2) is 11.3 Å². The Kier molecular flexibility index (Phi) is 9.66. The van der Waals surface area contributed by atoms with Crippen molar-refractivity contribution in [2.45, 2.75) is 39.0 Å².